The quantitative estimate of drug-likeness (QED) is 0.793. The van der Waals surface area contributed by atoms with E-state index in [0.29, 0.717) is 6.61 Å². The fourth-order valence-electron chi connectivity index (χ4n) is 1.90. The van der Waals surface area contributed by atoms with Crippen molar-refractivity contribution in [1.29, 1.82) is 0 Å². The molecule has 1 atom stereocenters. The second kappa shape index (κ2) is 4.42. The molecule has 2 nitrogen and oxygen atoms in total. The average Bonchev–Trinajstić information content (AvgIpc) is 2.90. The molecular weight excluding hydrogens is 268 g/mol. The minimum absolute atomic E-state index is 0.116. The van der Waals surface area contributed by atoms with E-state index in [-0.39, 0.29) is 11.9 Å². The van der Waals surface area contributed by atoms with Gasteiger partial charge in [0, 0.05) is 4.47 Å². The average molecular weight is 281 g/mol. The molecule has 1 aromatic carbocycles. The fraction of sp³-hybridized carbons (Fsp3) is 0.308. The lowest BCUT2D eigenvalue weighted by atomic mass is 10.1. The highest BCUT2D eigenvalue weighted by Crippen LogP contribution is 2.47. The summed E-state index contributed by atoms with van der Waals surface area (Å²) in [5.41, 5.74) is 3.33. The summed E-state index contributed by atoms with van der Waals surface area (Å²) in [5.74, 6) is -0.246. The fourth-order valence-corrected chi connectivity index (χ4v) is 2.30. The van der Waals surface area contributed by atoms with Gasteiger partial charge in [-0.25, -0.2) is 0 Å². The Kier molecular flexibility index (Phi) is 3.15. The molecular formula is C13H13BrO2. The zero-order valence-electron chi connectivity index (χ0n) is 9.29. The van der Waals surface area contributed by atoms with Crippen LogP contribution < -0.4 is 0 Å². The minimum atomic E-state index is -0.130. The largest absolute Gasteiger partial charge is 0.465 e. The number of carbonyl (C=O) groups excluding carboxylic acids is 1. The van der Waals surface area contributed by atoms with Crippen LogP contribution in [0.1, 0.15) is 19.4 Å². The topological polar surface area (TPSA) is 26.3 Å². The van der Waals surface area contributed by atoms with E-state index in [0.717, 1.165) is 21.2 Å². The van der Waals surface area contributed by atoms with E-state index in [2.05, 4.69) is 15.9 Å². The van der Waals surface area contributed by atoms with Crippen LogP contribution >= 0.6 is 15.9 Å². The molecule has 2 rings (SSSR count). The lowest BCUT2D eigenvalue weighted by Crippen LogP contribution is -2.08. The Bertz CT molecular complexity index is 463. The van der Waals surface area contributed by atoms with Gasteiger partial charge in [-0.2, -0.15) is 0 Å². The molecule has 0 radical (unpaired) electrons. The van der Waals surface area contributed by atoms with Crippen LogP contribution in [0.4, 0.5) is 0 Å². The zero-order valence-corrected chi connectivity index (χ0v) is 10.9. The highest BCUT2D eigenvalue weighted by Gasteiger charge is 2.41. The highest BCUT2D eigenvalue weighted by atomic mass is 79.9. The Hall–Kier alpha value is -1.09. The van der Waals surface area contributed by atoms with Crippen molar-refractivity contribution in [2.24, 2.45) is 5.92 Å². The number of hydrogen-bond acceptors (Lipinski definition) is 2. The van der Waals surface area contributed by atoms with Crippen molar-refractivity contribution in [3.05, 3.63) is 39.9 Å². The number of esters is 1. The van der Waals surface area contributed by atoms with Crippen molar-refractivity contribution >= 4 is 27.5 Å². The number of ether oxygens (including phenoxy) is 1. The first kappa shape index (κ1) is 11.4. The molecule has 0 spiro atoms. The summed E-state index contributed by atoms with van der Waals surface area (Å²) in [6.07, 6.45) is 0. The van der Waals surface area contributed by atoms with Gasteiger partial charge in [-0.15, -0.1) is 0 Å². The van der Waals surface area contributed by atoms with Gasteiger partial charge in [0.1, 0.15) is 5.92 Å². The van der Waals surface area contributed by atoms with Crippen molar-refractivity contribution in [1.82, 2.24) is 0 Å². The first-order chi connectivity index (χ1) is 7.65. The minimum Gasteiger partial charge on any atom is -0.465 e. The molecule has 0 aromatic heterocycles. The second-order valence-corrected chi connectivity index (χ2v) is 4.71. The molecule has 0 fully saturated rings. The number of rotatable bonds is 3. The van der Waals surface area contributed by atoms with Crippen molar-refractivity contribution in [2.45, 2.75) is 13.8 Å². The normalized spacial score (nSPS) is 18.6. The summed E-state index contributed by atoms with van der Waals surface area (Å²) in [6.45, 7) is 4.25. The maximum Gasteiger partial charge on any atom is 0.317 e. The van der Waals surface area contributed by atoms with Crippen molar-refractivity contribution in [2.75, 3.05) is 6.61 Å². The van der Waals surface area contributed by atoms with Crippen LogP contribution in [-0.2, 0) is 9.53 Å². The second-order valence-electron chi connectivity index (χ2n) is 3.79. The van der Waals surface area contributed by atoms with E-state index in [9.17, 15) is 4.79 Å². The molecule has 3 heteroatoms. The Morgan fingerprint density at radius 3 is 2.88 bits per heavy atom. The molecule has 0 heterocycles. The van der Waals surface area contributed by atoms with E-state index in [1.54, 1.807) is 0 Å². The molecule has 0 N–H and O–H groups in total. The monoisotopic (exact) mass is 280 g/mol. The van der Waals surface area contributed by atoms with E-state index in [4.69, 9.17) is 4.74 Å². The Labute approximate surface area is 103 Å². The van der Waals surface area contributed by atoms with E-state index < -0.39 is 0 Å². The Morgan fingerprint density at radius 1 is 1.50 bits per heavy atom. The summed E-state index contributed by atoms with van der Waals surface area (Å²) in [4.78, 5) is 11.6. The third kappa shape index (κ3) is 2.05. The number of hydrogen-bond donors (Lipinski definition) is 0. The summed E-state index contributed by atoms with van der Waals surface area (Å²) >= 11 is 3.43. The summed E-state index contributed by atoms with van der Waals surface area (Å²) < 4.78 is 6.05. The number of benzene rings is 1. The van der Waals surface area contributed by atoms with Gasteiger partial charge < -0.3 is 4.74 Å². The zero-order chi connectivity index (χ0) is 11.7. The SMILES string of the molecule is CCOC(=O)C1C(C)=C1c1cccc(Br)c1. The lowest BCUT2D eigenvalue weighted by Gasteiger charge is -2.02. The number of carbonyl (C=O) groups is 1. The Balaban J connectivity index is 2.16. The molecule has 0 aliphatic heterocycles. The predicted octanol–water partition coefficient (Wildman–Crippen LogP) is 3.42. The van der Waals surface area contributed by atoms with Crippen molar-refractivity contribution in [3.8, 4) is 0 Å². The van der Waals surface area contributed by atoms with Crippen LogP contribution in [0.5, 0.6) is 0 Å². The molecule has 16 heavy (non-hydrogen) atoms. The molecule has 84 valence electrons. The first-order valence-electron chi connectivity index (χ1n) is 5.28. The lowest BCUT2D eigenvalue weighted by molar-refractivity contribution is -0.143. The van der Waals surface area contributed by atoms with Crippen LogP contribution in [0, 0.1) is 5.92 Å². The molecule has 1 aromatic rings. The van der Waals surface area contributed by atoms with Crippen LogP contribution in [-0.4, -0.2) is 12.6 Å². The molecule has 0 saturated carbocycles. The number of halogens is 1. The van der Waals surface area contributed by atoms with Crippen molar-refractivity contribution in [3.63, 3.8) is 0 Å². The van der Waals surface area contributed by atoms with Gasteiger partial charge in [-0.05, 0) is 42.7 Å². The van der Waals surface area contributed by atoms with E-state index >= 15 is 0 Å². The van der Waals surface area contributed by atoms with Gasteiger partial charge in [0.25, 0.3) is 0 Å². The van der Waals surface area contributed by atoms with Gasteiger partial charge in [0.2, 0.25) is 0 Å². The molecule has 1 aliphatic carbocycles. The Morgan fingerprint density at radius 2 is 2.25 bits per heavy atom. The standard InChI is InChI=1S/C13H13BrO2/c1-3-16-13(15)12-8(2)11(12)9-5-4-6-10(14)7-9/h4-7,12H,3H2,1-2H3. The van der Waals surface area contributed by atoms with E-state index in [1.807, 2.05) is 38.1 Å². The smallest absolute Gasteiger partial charge is 0.317 e. The van der Waals surface area contributed by atoms with Crippen LogP contribution in [0.2, 0.25) is 0 Å². The predicted molar refractivity (Wildman–Crippen MR) is 66.9 cm³/mol. The van der Waals surface area contributed by atoms with E-state index in [1.165, 1.54) is 0 Å². The highest BCUT2D eigenvalue weighted by molar-refractivity contribution is 9.10. The van der Waals surface area contributed by atoms with Gasteiger partial charge in [0.05, 0.1) is 6.61 Å². The van der Waals surface area contributed by atoms with Crippen LogP contribution in [0.3, 0.4) is 0 Å². The summed E-state index contributed by atoms with van der Waals surface area (Å²) in [7, 11) is 0. The van der Waals surface area contributed by atoms with Gasteiger partial charge in [-0.3, -0.25) is 4.79 Å². The molecule has 1 aliphatic rings. The van der Waals surface area contributed by atoms with Gasteiger partial charge in [0.15, 0.2) is 0 Å². The van der Waals surface area contributed by atoms with Gasteiger partial charge >= 0.3 is 5.97 Å². The van der Waals surface area contributed by atoms with Crippen molar-refractivity contribution < 1.29 is 9.53 Å². The summed E-state index contributed by atoms with van der Waals surface area (Å²) in [6, 6.07) is 7.99. The maximum absolute atomic E-state index is 11.6. The first-order valence-corrected chi connectivity index (χ1v) is 6.07. The van der Waals surface area contributed by atoms with Crippen LogP contribution in [0.15, 0.2) is 34.3 Å². The third-order valence-corrected chi connectivity index (χ3v) is 3.21. The molecule has 0 amide bonds. The molecule has 0 bridgehead atoms. The molecule has 1 unspecified atom stereocenters. The third-order valence-electron chi connectivity index (χ3n) is 2.72. The summed E-state index contributed by atoms with van der Waals surface area (Å²) in [5, 5.41) is 0. The maximum atomic E-state index is 11.6. The van der Waals surface area contributed by atoms with Gasteiger partial charge in [-0.1, -0.05) is 28.1 Å². The molecule has 0 saturated heterocycles. The van der Waals surface area contributed by atoms with Crippen LogP contribution in [0.25, 0.3) is 5.57 Å².